The van der Waals surface area contributed by atoms with E-state index >= 15 is 0 Å². The number of ether oxygens (including phenoxy) is 2. The first-order valence-electron chi connectivity index (χ1n) is 9.48. The molecule has 0 unspecified atom stereocenters. The zero-order valence-corrected chi connectivity index (χ0v) is 18.0. The van der Waals surface area contributed by atoms with Gasteiger partial charge in [-0.1, -0.05) is 6.08 Å². The van der Waals surface area contributed by atoms with Crippen LogP contribution in [0.4, 0.5) is 4.79 Å². The Hall–Kier alpha value is -1.82. The zero-order chi connectivity index (χ0) is 20.2. The Bertz CT molecular complexity index is 706. The van der Waals surface area contributed by atoms with Gasteiger partial charge in [0, 0.05) is 16.3 Å². The second-order valence-corrected chi connectivity index (χ2v) is 8.91. The van der Waals surface area contributed by atoms with Gasteiger partial charge >= 0.3 is 12.1 Å². The maximum atomic E-state index is 12.0. The van der Waals surface area contributed by atoms with Crippen molar-refractivity contribution in [1.82, 2.24) is 5.32 Å². The molecule has 1 aliphatic rings. The van der Waals surface area contributed by atoms with E-state index in [-0.39, 0.29) is 18.1 Å². The minimum atomic E-state index is -0.479. The summed E-state index contributed by atoms with van der Waals surface area (Å²) in [6.07, 6.45) is 5.68. The molecule has 1 aromatic rings. The minimum Gasteiger partial charge on any atom is -0.465 e. The molecule has 1 fully saturated rings. The second kappa shape index (κ2) is 8.91. The molecular weight excluding hydrogens is 362 g/mol. The highest BCUT2D eigenvalue weighted by Crippen LogP contribution is 2.40. The van der Waals surface area contributed by atoms with Gasteiger partial charge in [-0.3, -0.25) is 0 Å². The van der Waals surface area contributed by atoms with E-state index in [1.54, 1.807) is 11.3 Å². The van der Waals surface area contributed by atoms with Gasteiger partial charge in [0.15, 0.2) is 0 Å². The summed E-state index contributed by atoms with van der Waals surface area (Å²) in [6.45, 7) is 9.64. The number of carbonyl (C=O) groups is 2. The van der Waals surface area contributed by atoms with Gasteiger partial charge in [-0.2, -0.15) is 0 Å². The topological polar surface area (TPSA) is 64.6 Å². The number of hydrogen-bond donors (Lipinski definition) is 1. The highest BCUT2D eigenvalue weighted by Gasteiger charge is 2.28. The van der Waals surface area contributed by atoms with Gasteiger partial charge in [0.2, 0.25) is 0 Å². The van der Waals surface area contributed by atoms with Gasteiger partial charge in [0.05, 0.1) is 12.7 Å². The predicted molar refractivity (Wildman–Crippen MR) is 109 cm³/mol. The van der Waals surface area contributed by atoms with Crippen LogP contribution in [0.1, 0.15) is 74.2 Å². The normalized spacial score (nSPS) is 20.9. The Morgan fingerprint density at radius 1 is 1.22 bits per heavy atom. The molecule has 0 saturated heterocycles. The zero-order valence-electron chi connectivity index (χ0n) is 17.2. The molecule has 1 amide bonds. The van der Waals surface area contributed by atoms with Crippen molar-refractivity contribution in [3.63, 3.8) is 0 Å². The third-order valence-corrected chi connectivity index (χ3v) is 6.04. The SMILES string of the molecule is C/C=C(\c1scc(C(=O)OC)c1C)C1CCC(NC(=O)OC(C)(C)C)CC1. The largest absolute Gasteiger partial charge is 0.465 e. The number of alkyl carbamates (subject to hydrolysis) is 1. The molecule has 0 atom stereocenters. The summed E-state index contributed by atoms with van der Waals surface area (Å²) in [5.74, 6) is 0.158. The van der Waals surface area contributed by atoms with Crippen molar-refractivity contribution in [2.45, 2.75) is 71.9 Å². The molecule has 1 aliphatic carbocycles. The molecule has 0 bridgehead atoms. The van der Waals surface area contributed by atoms with Gasteiger partial charge in [0.25, 0.3) is 0 Å². The quantitative estimate of drug-likeness (QED) is 0.702. The van der Waals surface area contributed by atoms with Crippen LogP contribution in [0.2, 0.25) is 0 Å². The van der Waals surface area contributed by atoms with Crippen molar-refractivity contribution in [2.24, 2.45) is 5.92 Å². The highest BCUT2D eigenvalue weighted by atomic mass is 32.1. The van der Waals surface area contributed by atoms with E-state index < -0.39 is 5.60 Å². The third kappa shape index (κ3) is 5.58. The Labute approximate surface area is 166 Å². The molecule has 6 heteroatoms. The first-order valence-corrected chi connectivity index (χ1v) is 10.4. The number of thiophene rings is 1. The second-order valence-electron chi connectivity index (χ2n) is 8.03. The van der Waals surface area contributed by atoms with Crippen molar-refractivity contribution in [1.29, 1.82) is 0 Å². The summed E-state index contributed by atoms with van der Waals surface area (Å²) in [6, 6.07) is 0.157. The van der Waals surface area contributed by atoms with Gasteiger partial charge < -0.3 is 14.8 Å². The molecule has 150 valence electrons. The fourth-order valence-electron chi connectivity index (χ4n) is 3.59. The third-order valence-electron chi connectivity index (χ3n) is 4.91. The van der Waals surface area contributed by atoms with Gasteiger partial charge in [-0.25, -0.2) is 9.59 Å². The number of amides is 1. The Kier molecular flexibility index (Phi) is 7.09. The number of esters is 1. The van der Waals surface area contributed by atoms with E-state index in [1.807, 2.05) is 33.1 Å². The summed E-state index contributed by atoms with van der Waals surface area (Å²) >= 11 is 1.61. The number of nitrogens with one attached hydrogen (secondary N) is 1. The van der Waals surface area contributed by atoms with Gasteiger partial charge in [-0.05, 0) is 77.4 Å². The standard InChI is InChI=1S/C21H31NO4S/c1-7-16(18-13(2)17(12-27-18)19(23)25-6)14-8-10-15(11-9-14)22-20(24)26-21(3,4)5/h7,12,14-15H,8-11H2,1-6H3,(H,22,24)/b16-7-. The Balaban J connectivity index is 1.99. The summed E-state index contributed by atoms with van der Waals surface area (Å²) in [4.78, 5) is 25.0. The van der Waals surface area contributed by atoms with Crippen molar-refractivity contribution >= 4 is 29.0 Å². The van der Waals surface area contributed by atoms with Crippen LogP contribution in [0.3, 0.4) is 0 Å². The number of hydrogen-bond acceptors (Lipinski definition) is 5. The molecule has 1 aromatic heterocycles. The summed E-state index contributed by atoms with van der Waals surface area (Å²) in [5, 5.41) is 4.88. The number of allylic oxidation sites excluding steroid dienone is 2. The van der Waals surface area contributed by atoms with E-state index in [0.29, 0.717) is 11.5 Å². The van der Waals surface area contributed by atoms with Gasteiger partial charge in [-0.15, -0.1) is 11.3 Å². The van der Waals surface area contributed by atoms with Crippen molar-refractivity contribution in [2.75, 3.05) is 7.11 Å². The molecule has 5 nitrogen and oxygen atoms in total. The molecule has 27 heavy (non-hydrogen) atoms. The first-order chi connectivity index (χ1) is 12.7. The van der Waals surface area contributed by atoms with Crippen LogP contribution in [-0.2, 0) is 9.47 Å². The predicted octanol–water partition coefficient (Wildman–Crippen LogP) is 5.33. The number of methoxy groups -OCH3 is 1. The minimum absolute atomic E-state index is 0.157. The lowest BCUT2D eigenvalue weighted by Gasteiger charge is -2.31. The maximum absolute atomic E-state index is 12.0. The summed E-state index contributed by atoms with van der Waals surface area (Å²) < 4.78 is 10.2. The number of rotatable bonds is 4. The summed E-state index contributed by atoms with van der Waals surface area (Å²) in [5.41, 5.74) is 2.46. The van der Waals surface area contributed by atoms with E-state index in [4.69, 9.17) is 9.47 Å². The van der Waals surface area contributed by atoms with Crippen LogP contribution >= 0.6 is 11.3 Å². The van der Waals surface area contributed by atoms with Crippen LogP contribution in [0.25, 0.3) is 5.57 Å². The van der Waals surface area contributed by atoms with Crippen molar-refractivity contribution in [3.05, 3.63) is 27.5 Å². The average molecular weight is 394 g/mol. The molecule has 1 N–H and O–H groups in total. The molecule has 1 heterocycles. The smallest absolute Gasteiger partial charge is 0.407 e. The molecule has 1 saturated carbocycles. The van der Waals surface area contributed by atoms with Crippen LogP contribution in [0, 0.1) is 12.8 Å². The molecule has 0 aliphatic heterocycles. The lowest BCUT2D eigenvalue weighted by molar-refractivity contribution is 0.0489. The molecule has 0 radical (unpaired) electrons. The molecule has 2 rings (SSSR count). The lowest BCUT2D eigenvalue weighted by atomic mass is 9.80. The average Bonchev–Trinajstić information content (AvgIpc) is 2.96. The fraction of sp³-hybridized carbons (Fsp3) is 0.619. The van der Waals surface area contributed by atoms with E-state index in [1.165, 1.54) is 17.6 Å². The van der Waals surface area contributed by atoms with Crippen LogP contribution in [0.15, 0.2) is 11.5 Å². The van der Waals surface area contributed by atoms with E-state index in [2.05, 4.69) is 18.3 Å². The Morgan fingerprint density at radius 2 is 1.85 bits per heavy atom. The van der Waals surface area contributed by atoms with Gasteiger partial charge in [0.1, 0.15) is 5.60 Å². The molecule has 0 aromatic carbocycles. The number of carbonyl (C=O) groups excluding carboxylic acids is 2. The fourth-order valence-corrected chi connectivity index (χ4v) is 4.80. The first kappa shape index (κ1) is 21.5. The van der Waals surface area contributed by atoms with Crippen molar-refractivity contribution < 1.29 is 19.1 Å². The van der Waals surface area contributed by atoms with Crippen molar-refractivity contribution in [3.8, 4) is 0 Å². The highest BCUT2D eigenvalue weighted by molar-refractivity contribution is 7.11. The van der Waals surface area contributed by atoms with Crippen LogP contribution in [-0.4, -0.2) is 30.8 Å². The van der Waals surface area contributed by atoms with E-state index in [0.717, 1.165) is 31.2 Å². The molecular formula is C21H31NO4S. The van der Waals surface area contributed by atoms with E-state index in [9.17, 15) is 9.59 Å². The summed E-state index contributed by atoms with van der Waals surface area (Å²) in [7, 11) is 1.41. The molecule has 0 spiro atoms. The lowest BCUT2D eigenvalue weighted by Crippen LogP contribution is -2.41. The monoisotopic (exact) mass is 393 g/mol. The Morgan fingerprint density at radius 3 is 2.37 bits per heavy atom. The van der Waals surface area contributed by atoms with Crippen LogP contribution < -0.4 is 5.32 Å². The van der Waals surface area contributed by atoms with Crippen LogP contribution in [0.5, 0.6) is 0 Å². The maximum Gasteiger partial charge on any atom is 0.407 e.